The van der Waals surface area contributed by atoms with E-state index in [-0.39, 0.29) is 27.8 Å². The molecule has 0 bridgehead atoms. The lowest BCUT2D eigenvalue weighted by Crippen LogP contribution is -2.43. The number of carbonyl (C=O) groups is 1. The Bertz CT molecular complexity index is 1190. The molecule has 2 aromatic carbocycles. The van der Waals surface area contributed by atoms with Crippen molar-refractivity contribution in [2.45, 2.75) is 42.9 Å². The molecule has 1 unspecified atom stereocenters. The molecule has 1 atom stereocenters. The molecule has 1 saturated heterocycles. The van der Waals surface area contributed by atoms with Gasteiger partial charge >= 0.3 is 0 Å². The van der Waals surface area contributed by atoms with E-state index in [1.807, 2.05) is 19.1 Å². The first kappa shape index (κ1) is 23.6. The maximum Gasteiger partial charge on any atom is 0.243 e. The summed E-state index contributed by atoms with van der Waals surface area (Å²) < 4.78 is 33.1. The van der Waals surface area contributed by atoms with Crippen LogP contribution in [0.25, 0.3) is 0 Å². The first-order valence-corrected chi connectivity index (χ1v) is 12.9. The molecule has 1 aliphatic heterocycles. The molecule has 7 nitrogen and oxygen atoms in total. The minimum atomic E-state index is -3.79. The second-order valence-corrected chi connectivity index (χ2v) is 10.8. The van der Waals surface area contributed by atoms with Gasteiger partial charge in [0.05, 0.1) is 33.9 Å². The summed E-state index contributed by atoms with van der Waals surface area (Å²) in [6.45, 7) is 2.71. The number of nitriles is 1. The molecule has 0 aromatic heterocycles. The molecule has 1 aliphatic carbocycles. The van der Waals surface area contributed by atoms with Crippen LogP contribution < -0.4 is 10.1 Å². The Hall–Kier alpha value is -2.60. The van der Waals surface area contributed by atoms with Crippen LogP contribution >= 0.6 is 11.6 Å². The van der Waals surface area contributed by atoms with E-state index in [4.69, 9.17) is 16.3 Å². The topological polar surface area (TPSA) is 99.5 Å². The van der Waals surface area contributed by atoms with Crippen LogP contribution in [0.3, 0.4) is 0 Å². The van der Waals surface area contributed by atoms with E-state index in [0.29, 0.717) is 37.4 Å². The van der Waals surface area contributed by atoms with Gasteiger partial charge in [-0.1, -0.05) is 23.7 Å². The van der Waals surface area contributed by atoms with Crippen LogP contribution in [0, 0.1) is 17.2 Å². The standard InChI is InChI=1S/C24H26ClN3O4S/c1-2-32-22-10-9-20(14-21(22)25)33(30,31)28-13-3-4-17(15-28)23(29)27-19-7-5-18(6-8-19)24(16-26)11-12-24/h5-10,14,17H,2-4,11-13,15H2,1H3,(H,27,29). The van der Waals surface area contributed by atoms with E-state index in [1.54, 1.807) is 18.2 Å². The van der Waals surface area contributed by atoms with Crippen molar-refractivity contribution < 1.29 is 17.9 Å². The molecule has 4 rings (SSSR count). The number of piperidine rings is 1. The number of halogens is 1. The number of nitrogens with zero attached hydrogens (tertiary/aromatic N) is 2. The van der Waals surface area contributed by atoms with Crippen LogP contribution in [-0.2, 0) is 20.2 Å². The number of rotatable bonds is 7. The molecular formula is C24H26ClN3O4S. The molecule has 2 fully saturated rings. The fraction of sp³-hybridized carbons (Fsp3) is 0.417. The van der Waals surface area contributed by atoms with Crippen LogP contribution in [0.15, 0.2) is 47.4 Å². The average molecular weight is 488 g/mol. The Morgan fingerprint density at radius 1 is 1.27 bits per heavy atom. The summed E-state index contributed by atoms with van der Waals surface area (Å²) in [4.78, 5) is 13.0. The molecule has 1 saturated carbocycles. The average Bonchev–Trinajstić information content (AvgIpc) is 3.62. The quantitative estimate of drug-likeness (QED) is 0.626. The number of amides is 1. The van der Waals surface area contributed by atoms with Crippen molar-refractivity contribution in [3.8, 4) is 11.8 Å². The van der Waals surface area contributed by atoms with Gasteiger partial charge in [-0.3, -0.25) is 4.79 Å². The van der Waals surface area contributed by atoms with Gasteiger partial charge in [-0.2, -0.15) is 9.57 Å². The minimum absolute atomic E-state index is 0.0825. The summed E-state index contributed by atoms with van der Waals surface area (Å²) in [5, 5.41) is 12.5. The molecule has 9 heteroatoms. The Morgan fingerprint density at radius 3 is 2.61 bits per heavy atom. The smallest absolute Gasteiger partial charge is 0.243 e. The van der Waals surface area contributed by atoms with E-state index < -0.39 is 15.9 Å². The van der Waals surface area contributed by atoms with Crippen molar-refractivity contribution in [3.63, 3.8) is 0 Å². The Labute approximate surface area is 199 Å². The fourth-order valence-electron chi connectivity index (χ4n) is 4.15. The van der Waals surface area contributed by atoms with Gasteiger partial charge < -0.3 is 10.1 Å². The molecule has 1 heterocycles. The van der Waals surface area contributed by atoms with Gasteiger partial charge in [0.15, 0.2) is 0 Å². The minimum Gasteiger partial charge on any atom is -0.492 e. The van der Waals surface area contributed by atoms with E-state index in [0.717, 1.165) is 18.4 Å². The monoisotopic (exact) mass is 487 g/mol. The summed E-state index contributed by atoms with van der Waals surface area (Å²) >= 11 is 6.19. The summed E-state index contributed by atoms with van der Waals surface area (Å²) in [6, 6.07) is 14.1. The third-order valence-corrected chi connectivity index (χ3v) is 8.42. The van der Waals surface area contributed by atoms with Crippen molar-refractivity contribution >= 4 is 33.2 Å². The molecule has 1 amide bonds. The summed E-state index contributed by atoms with van der Waals surface area (Å²) in [5.74, 6) is -0.239. The van der Waals surface area contributed by atoms with E-state index in [2.05, 4.69) is 11.4 Å². The number of benzene rings is 2. The van der Waals surface area contributed by atoms with E-state index in [1.165, 1.54) is 16.4 Å². The lowest BCUT2D eigenvalue weighted by molar-refractivity contribution is -0.120. The highest BCUT2D eigenvalue weighted by Gasteiger charge is 2.44. The normalized spacial score (nSPS) is 20.0. The number of sulfonamides is 1. The Morgan fingerprint density at radius 2 is 2.00 bits per heavy atom. The molecule has 0 spiro atoms. The van der Waals surface area contributed by atoms with Gasteiger partial charge in [0.1, 0.15) is 5.75 Å². The fourth-order valence-corrected chi connectivity index (χ4v) is 6.00. The zero-order chi connectivity index (χ0) is 23.6. The van der Waals surface area contributed by atoms with E-state index in [9.17, 15) is 18.5 Å². The first-order chi connectivity index (χ1) is 15.8. The lowest BCUT2D eigenvalue weighted by atomic mass is 9.97. The molecule has 2 aliphatic rings. The van der Waals surface area contributed by atoms with Crippen LogP contribution in [0.1, 0.15) is 38.2 Å². The van der Waals surface area contributed by atoms with Crippen molar-refractivity contribution in [3.05, 3.63) is 53.1 Å². The molecule has 1 N–H and O–H groups in total. The van der Waals surface area contributed by atoms with Crippen LogP contribution in [-0.4, -0.2) is 38.3 Å². The second-order valence-electron chi connectivity index (χ2n) is 8.49. The van der Waals surface area contributed by atoms with Gasteiger partial charge in [0, 0.05) is 18.8 Å². The maximum atomic E-state index is 13.2. The lowest BCUT2D eigenvalue weighted by Gasteiger charge is -2.31. The molecule has 33 heavy (non-hydrogen) atoms. The van der Waals surface area contributed by atoms with Gasteiger partial charge in [-0.15, -0.1) is 0 Å². The van der Waals surface area contributed by atoms with Gasteiger partial charge in [0.2, 0.25) is 15.9 Å². The third kappa shape index (κ3) is 4.86. The number of carbonyl (C=O) groups excluding carboxylic acids is 1. The highest BCUT2D eigenvalue weighted by atomic mass is 35.5. The number of nitrogens with one attached hydrogen (secondary N) is 1. The largest absolute Gasteiger partial charge is 0.492 e. The van der Waals surface area contributed by atoms with Crippen LogP contribution in [0.5, 0.6) is 5.75 Å². The molecular weight excluding hydrogens is 462 g/mol. The van der Waals surface area contributed by atoms with Gasteiger partial charge in [-0.05, 0) is 68.5 Å². The highest BCUT2D eigenvalue weighted by molar-refractivity contribution is 7.89. The second kappa shape index (κ2) is 9.34. The Balaban J connectivity index is 1.43. The number of anilines is 1. The first-order valence-electron chi connectivity index (χ1n) is 11.0. The summed E-state index contributed by atoms with van der Waals surface area (Å²) in [6.07, 6.45) is 2.92. The van der Waals surface area contributed by atoms with Crippen LogP contribution in [0.4, 0.5) is 5.69 Å². The summed E-state index contributed by atoms with van der Waals surface area (Å²) in [7, 11) is -3.79. The number of ether oxygens (including phenoxy) is 1. The number of hydrogen-bond acceptors (Lipinski definition) is 5. The van der Waals surface area contributed by atoms with Crippen molar-refractivity contribution in [2.75, 3.05) is 25.0 Å². The number of hydrogen-bond donors (Lipinski definition) is 1. The zero-order valence-electron chi connectivity index (χ0n) is 18.4. The van der Waals surface area contributed by atoms with Crippen molar-refractivity contribution in [2.24, 2.45) is 5.92 Å². The molecule has 0 radical (unpaired) electrons. The molecule has 174 valence electrons. The van der Waals surface area contributed by atoms with Crippen LogP contribution in [0.2, 0.25) is 5.02 Å². The predicted octanol–water partition coefficient (Wildman–Crippen LogP) is 4.33. The SMILES string of the molecule is CCOc1ccc(S(=O)(=O)N2CCCC(C(=O)Nc3ccc(C4(C#N)CC4)cc3)C2)cc1Cl. The third-order valence-electron chi connectivity index (χ3n) is 6.26. The predicted molar refractivity (Wildman–Crippen MR) is 126 cm³/mol. The van der Waals surface area contributed by atoms with Gasteiger partial charge in [0.25, 0.3) is 0 Å². The van der Waals surface area contributed by atoms with Crippen molar-refractivity contribution in [1.29, 1.82) is 5.26 Å². The zero-order valence-corrected chi connectivity index (χ0v) is 20.0. The molecule has 2 aromatic rings. The van der Waals surface area contributed by atoms with E-state index >= 15 is 0 Å². The highest BCUT2D eigenvalue weighted by Crippen LogP contribution is 2.47. The maximum absolute atomic E-state index is 13.2. The Kier molecular flexibility index (Phi) is 6.66. The van der Waals surface area contributed by atoms with Crippen molar-refractivity contribution in [1.82, 2.24) is 4.31 Å². The summed E-state index contributed by atoms with van der Waals surface area (Å²) in [5.41, 5.74) is 1.23. The van der Waals surface area contributed by atoms with Gasteiger partial charge in [-0.25, -0.2) is 8.42 Å².